The lowest BCUT2D eigenvalue weighted by molar-refractivity contribution is 0.668. The van der Waals surface area contributed by atoms with E-state index < -0.39 is 0 Å². The van der Waals surface area contributed by atoms with Crippen molar-refractivity contribution < 1.29 is 4.42 Å². The number of nitrogens with zero attached hydrogens (tertiary/aromatic N) is 1. The molecule has 4 aromatic carbocycles. The van der Waals surface area contributed by atoms with E-state index in [4.69, 9.17) is 9.40 Å². The molecule has 34 heavy (non-hydrogen) atoms. The molecule has 0 aliphatic rings. The minimum absolute atomic E-state index is 0.301. The fourth-order valence-corrected chi connectivity index (χ4v) is 4.78. The normalized spacial score (nSPS) is 12.3. The van der Waals surface area contributed by atoms with E-state index in [0.717, 1.165) is 39.6 Å². The highest BCUT2D eigenvalue weighted by atomic mass is 16.3. The fraction of sp³-hybridized carbons (Fsp3) is 0.0938. The first-order valence-electron chi connectivity index (χ1n) is 11.8. The predicted molar refractivity (Wildman–Crippen MR) is 140 cm³/mol. The van der Waals surface area contributed by atoms with Crippen LogP contribution in [0.5, 0.6) is 0 Å². The summed E-state index contributed by atoms with van der Waals surface area (Å²) < 4.78 is 6.48. The van der Waals surface area contributed by atoms with Gasteiger partial charge in [-0.2, -0.15) is 0 Å². The van der Waals surface area contributed by atoms with Crippen LogP contribution in [0.2, 0.25) is 0 Å². The van der Waals surface area contributed by atoms with Crippen molar-refractivity contribution in [3.05, 3.63) is 138 Å². The second-order valence-electron chi connectivity index (χ2n) is 8.88. The van der Waals surface area contributed by atoms with Gasteiger partial charge in [0.2, 0.25) is 0 Å². The number of benzene rings is 4. The van der Waals surface area contributed by atoms with Crippen LogP contribution in [0.25, 0.3) is 33.2 Å². The quantitative estimate of drug-likeness (QED) is 0.269. The van der Waals surface area contributed by atoms with Crippen molar-refractivity contribution in [3.8, 4) is 11.3 Å². The molecule has 6 rings (SSSR count). The SMILES string of the molecule is CC(c1ccccc1)c1ccc2c(c1)oc1c(-c3cc(Cc4ccccc4)ccn3)cccc12. The van der Waals surface area contributed by atoms with Crippen LogP contribution in [0.1, 0.15) is 35.1 Å². The molecular weight excluding hydrogens is 414 g/mol. The smallest absolute Gasteiger partial charge is 0.144 e. The molecule has 0 fully saturated rings. The van der Waals surface area contributed by atoms with E-state index >= 15 is 0 Å². The van der Waals surface area contributed by atoms with Crippen molar-refractivity contribution in [1.29, 1.82) is 0 Å². The van der Waals surface area contributed by atoms with Crippen molar-refractivity contribution in [3.63, 3.8) is 0 Å². The van der Waals surface area contributed by atoms with Gasteiger partial charge < -0.3 is 4.42 Å². The van der Waals surface area contributed by atoms with E-state index in [2.05, 4.69) is 116 Å². The van der Waals surface area contributed by atoms with Crippen LogP contribution in [0.4, 0.5) is 0 Å². The largest absolute Gasteiger partial charge is 0.455 e. The molecule has 0 saturated carbocycles. The van der Waals surface area contributed by atoms with Crippen LogP contribution < -0.4 is 0 Å². The Morgan fingerprint density at radius 3 is 2.29 bits per heavy atom. The molecular formula is C32H25NO. The topological polar surface area (TPSA) is 26.0 Å². The number of rotatable bonds is 5. The van der Waals surface area contributed by atoms with Gasteiger partial charge in [0.1, 0.15) is 11.2 Å². The van der Waals surface area contributed by atoms with Gasteiger partial charge in [0.05, 0.1) is 5.69 Å². The minimum Gasteiger partial charge on any atom is -0.455 e. The molecule has 164 valence electrons. The molecule has 1 unspecified atom stereocenters. The minimum atomic E-state index is 0.301. The molecule has 0 amide bonds. The Kier molecular flexibility index (Phi) is 5.20. The van der Waals surface area contributed by atoms with Crippen LogP contribution in [-0.4, -0.2) is 4.98 Å². The van der Waals surface area contributed by atoms with Crippen molar-refractivity contribution in [1.82, 2.24) is 4.98 Å². The molecule has 1 atom stereocenters. The number of aromatic nitrogens is 1. The van der Waals surface area contributed by atoms with Crippen LogP contribution in [0, 0.1) is 0 Å². The average Bonchev–Trinajstić information content (AvgIpc) is 3.27. The molecule has 2 heterocycles. The molecule has 2 nitrogen and oxygen atoms in total. The van der Waals surface area contributed by atoms with E-state index in [0.29, 0.717) is 5.92 Å². The first kappa shape index (κ1) is 20.4. The number of furan rings is 1. The Hall–Kier alpha value is -4.17. The summed E-state index contributed by atoms with van der Waals surface area (Å²) in [4.78, 5) is 4.70. The molecule has 2 aromatic heterocycles. The van der Waals surface area contributed by atoms with E-state index in [1.807, 2.05) is 6.20 Å². The molecule has 0 saturated heterocycles. The lowest BCUT2D eigenvalue weighted by atomic mass is 9.92. The Labute approximate surface area is 199 Å². The molecule has 0 bridgehead atoms. The maximum Gasteiger partial charge on any atom is 0.144 e. The third-order valence-electron chi connectivity index (χ3n) is 6.67. The van der Waals surface area contributed by atoms with Gasteiger partial charge >= 0.3 is 0 Å². The van der Waals surface area contributed by atoms with Gasteiger partial charge in [0, 0.05) is 28.5 Å². The van der Waals surface area contributed by atoms with Crippen molar-refractivity contribution in [2.45, 2.75) is 19.3 Å². The lowest BCUT2D eigenvalue weighted by Gasteiger charge is -2.12. The van der Waals surface area contributed by atoms with Gasteiger partial charge in [-0.25, -0.2) is 0 Å². The third-order valence-corrected chi connectivity index (χ3v) is 6.67. The van der Waals surface area contributed by atoms with Gasteiger partial charge in [0.25, 0.3) is 0 Å². The molecule has 6 aromatic rings. The molecule has 0 radical (unpaired) electrons. The number of hydrogen-bond acceptors (Lipinski definition) is 2. The third kappa shape index (κ3) is 3.78. The lowest BCUT2D eigenvalue weighted by Crippen LogP contribution is -1.95. The van der Waals surface area contributed by atoms with Gasteiger partial charge in [-0.15, -0.1) is 0 Å². The number of pyridine rings is 1. The second kappa shape index (κ2) is 8.64. The highest BCUT2D eigenvalue weighted by Gasteiger charge is 2.15. The van der Waals surface area contributed by atoms with E-state index in [9.17, 15) is 0 Å². The number of fused-ring (bicyclic) bond motifs is 3. The highest BCUT2D eigenvalue weighted by molar-refractivity contribution is 6.09. The summed E-state index contributed by atoms with van der Waals surface area (Å²) in [6.45, 7) is 2.24. The van der Waals surface area contributed by atoms with Crippen LogP contribution >= 0.6 is 0 Å². The first-order valence-corrected chi connectivity index (χ1v) is 11.8. The van der Waals surface area contributed by atoms with E-state index in [1.54, 1.807) is 0 Å². The zero-order chi connectivity index (χ0) is 22.9. The van der Waals surface area contributed by atoms with Crippen molar-refractivity contribution in [2.24, 2.45) is 0 Å². The van der Waals surface area contributed by atoms with Crippen LogP contribution in [-0.2, 0) is 6.42 Å². The molecule has 0 spiro atoms. The zero-order valence-corrected chi connectivity index (χ0v) is 19.1. The van der Waals surface area contributed by atoms with Crippen LogP contribution in [0.3, 0.4) is 0 Å². The summed E-state index contributed by atoms with van der Waals surface area (Å²) in [5, 5.41) is 2.27. The van der Waals surface area contributed by atoms with E-state index in [-0.39, 0.29) is 0 Å². The Bertz CT molecular complexity index is 1580. The Morgan fingerprint density at radius 2 is 1.47 bits per heavy atom. The monoisotopic (exact) mass is 439 g/mol. The van der Waals surface area contributed by atoms with Gasteiger partial charge in [-0.1, -0.05) is 91.9 Å². The Morgan fingerprint density at radius 1 is 0.676 bits per heavy atom. The average molecular weight is 440 g/mol. The summed E-state index contributed by atoms with van der Waals surface area (Å²) in [5.41, 5.74) is 8.87. The molecule has 0 N–H and O–H groups in total. The summed E-state index contributed by atoms with van der Waals surface area (Å²) in [7, 11) is 0. The van der Waals surface area contributed by atoms with Gasteiger partial charge in [0.15, 0.2) is 0 Å². The highest BCUT2D eigenvalue weighted by Crippen LogP contribution is 2.37. The number of para-hydroxylation sites is 1. The fourth-order valence-electron chi connectivity index (χ4n) is 4.78. The zero-order valence-electron chi connectivity index (χ0n) is 19.1. The van der Waals surface area contributed by atoms with E-state index in [1.165, 1.54) is 22.3 Å². The van der Waals surface area contributed by atoms with Gasteiger partial charge in [-0.05, 0) is 52.9 Å². The summed E-state index contributed by atoms with van der Waals surface area (Å²) in [6.07, 6.45) is 2.78. The Balaban J connectivity index is 1.41. The standard InChI is InChI=1S/C32H25NO/c1-22(25-11-6-3-7-12-25)26-15-16-27-28-13-8-14-29(32(28)34-31(27)21-26)30-20-24(17-18-33-30)19-23-9-4-2-5-10-23/h2-18,20-22H,19H2,1H3. The summed E-state index contributed by atoms with van der Waals surface area (Å²) in [5.74, 6) is 0.301. The van der Waals surface area contributed by atoms with Crippen LogP contribution in [0.15, 0.2) is 120 Å². The molecule has 0 aliphatic carbocycles. The number of hydrogen-bond donors (Lipinski definition) is 0. The predicted octanol–water partition coefficient (Wildman–Crippen LogP) is 8.39. The summed E-state index contributed by atoms with van der Waals surface area (Å²) in [6, 6.07) is 38.4. The molecule has 2 heteroatoms. The maximum atomic E-state index is 6.48. The first-order chi connectivity index (χ1) is 16.8. The van der Waals surface area contributed by atoms with Crippen molar-refractivity contribution >= 4 is 21.9 Å². The second-order valence-corrected chi connectivity index (χ2v) is 8.88. The summed E-state index contributed by atoms with van der Waals surface area (Å²) >= 11 is 0. The molecule has 0 aliphatic heterocycles. The maximum absolute atomic E-state index is 6.48. The van der Waals surface area contributed by atoms with Gasteiger partial charge in [-0.3, -0.25) is 4.98 Å². The van der Waals surface area contributed by atoms with Crippen molar-refractivity contribution in [2.75, 3.05) is 0 Å².